The second-order valence-electron chi connectivity index (χ2n) is 6.13. The summed E-state index contributed by atoms with van der Waals surface area (Å²) in [6.45, 7) is 4.63. The van der Waals surface area contributed by atoms with Gasteiger partial charge in [-0.15, -0.1) is 0 Å². The van der Waals surface area contributed by atoms with Gasteiger partial charge in [0, 0.05) is 32.0 Å². The lowest BCUT2D eigenvalue weighted by atomic mass is 10.0. The molecule has 4 heterocycles. The Hall–Kier alpha value is -2.52. The largest absolute Gasteiger partial charge is 0.360 e. The predicted molar refractivity (Wildman–Crippen MR) is 87.3 cm³/mol. The Labute approximate surface area is 144 Å². The number of amides is 1. The first-order chi connectivity index (χ1) is 12.1. The summed E-state index contributed by atoms with van der Waals surface area (Å²) in [7, 11) is 0. The van der Waals surface area contributed by atoms with Crippen molar-refractivity contribution in [3.63, 3.8) is 0 Å². The Bertz CT molecular complexity index is 744. The van der Waals surface area contributed by atoms with Gasteiger partial charge in [0.2, 0.25) is 0 Å². The molecule has 2 saturated heterocycles. The van der Waals surface area contributed by atoms with E-state index >= 15 is 0 Å². The molecule has 9 nitrogen and oxygen atoms in total. The standard InChI is InChI=1S/C16H19N5O4/c1-11-8-13(20-25-11)19-15(22)12-9-18-14(10-17-12)21-4-2-16(3-5-21)23-6-7-24-16/h8-10H,2-7H2,1H3,(H,19,20,22). The fourth-order valence-corrected chi connectivity index (χ4v) is 3.07. The van der Waals surface area contributed by atoms with Crippen LogP contribution < -0.4 is 10.2 Å². The molecule has 0 atom stereocenters. The summed E-state index contributed by atoms with van der Waals surface area (Å²) in [6.07, 6.45) is 4.66. The minimum atomic E-state index is -0.417. The van der Waals surface area contributed by atoms with E-state index in [-0.39, 0.29) is 11.6 Å². The summed E-state index contributed by atoms with van der Waals surface area (Å²) in [5, 5.41) is 6.34. The van der Waals surface area contributed by atoms with E-state index in [1.807, 2.05) is 0 Å². The zero-order valence-corrected chi connectivity index (χ0v) is 13.9. The molecule has 0 saturated carbocycles. The van der Waals surface area contributed by atoms with Crippen LogP contribution in [0.4, 0.5) is 11.6 Å². The van der Waals surface area contributed by atoms with Gasteiger partial charge in [-0.3, -0.25) is 4.79 Å². The molecule has 0 bridgehead atoms. The number of carbonyl (C=O) groups is 1. The summed E-state index contributed by atoms with van der Waals surface area (Å²) in [5.41, 5.74) is 0.223. The van der Waals surface area contributed by atoms with Crippen molar-refractivity contribution in [1.29, 1.82) is 0 Å². The van der Waals surface area contributed by atoms with Gasteiger partial charge in [-0.25, -0.2) is 9.97 Å². The average molecular weight is 345 g/mol. The molecule has 2 aromatic rings. The Balaban J connectivity index is 1.37. The minimum absolute atomic E-state index is 0.223. The van der Waals surface area contributed by atoms with Gasteiger partial charge in [-0.05, 0) is 6.92 Å². The van der Waals surface area contributed by atoms with Gasteiger partial charge < -0.3 is 24.2 Å². The lowest BCUT2D eigenvalue weighted by molar-refractivity contribution is -0.169. The minimum Gasteiger partial charge on any atom is -0.360 e. The van der Waals surface area contributed by atoms with Gasteiger partial charge in [0.1, 0.15) is 17.3 Å². The summed E-state index contributed by atoms with van der Waals surface area (Å²) in [5.74, 6) is 0.917. The van der Waals surface area contributed by atoms with Crippen molar-refractivity contribution >= 4 is 17.5 Å². The maximum atomic E-state index is 12.1. The number of carbonyl (C=O) groups excluding carboxylic acids is 1. The van der Waals surface area contributed by atoms with Crippen molar-refractivity contribution in [1.82, 2.24) is 15.1 Å². The molecule has 9 heteroatoms. The van der Waals surface area contributed by atoms with Crippen LogP contribution in [0.25, 0.3) is 0 Å². The number of aromatic nitrogens is 3. The third kappa shape index (κ3) is 3.33. The molecule has 0 unspecified atom stereocenters. The Morgan fingerprint density at radius 1 is 1.20 bits per heavy atom. The molecule has 0 radical (unpaired) electrons. The number of piperidine rings is 1. The van der Waals surface area contributed by atoms with Crippen LogP contribution in [0.2, 0.25) is 0 Å². The lowest BCUT2D eigenvalue weighted by Gasteiger charge is -2.37. The van der Waals surface area contributed by atoms with Crippen LogP contribution in [0, 0.1) is 6.92 Å². The van der Waals surface area contributed by atoms with E-state index in [4.69, 9.17) is 14.0 Å². The van der Waals surface area contributed by atoms with Gasteiger partial charge in [-0.2, -0.15) is 0 Å². The van der Waals surface area contributed by atoms with E-state index in [1.54, 1.807) is 19.2 Å². The molecule has 2 aliphatic rings. The van der Waals surface area contributed by atoms with E-state index in [0.717, 1.165) is 31.7 Å². The summed E-state index contributed by atoms with van der Waals surface area (Å²) in [6, 6.07) is 1.64. The molecule has 132 valence electrons. The van der Waals surface area contributed by atoms with Gasteiger partial charge in [0.15, 0.2) is 11.6 Å². The topological polar surface area (TPSA) is 103 Å². The van der Waals surface area contributed by atoms with Crippen molar-refractivity contribution in [2.45, 2.75) is 25.6 Å². The molecule has 0 aliphatic carbocycles. The van der Waals surface area contributed by atoms with Gasteiger partial charge in [-0.1, -0.05) is 5.16 Å². The number of rotatable bonds is 3. The van der Waals surface area contributed by atoms with Crippen LogP contribution in [-0.2, 0) is 9.47 Å². The summed E-state index contributed by atoms with van der Waals surface area (Å²) < 4.78 is 16.4. The maximum absolute atomic E-state index is 12.1. The van der Waals surface area contributed by atoms with E-state index < -0.39 is 5.79 Å². The lowest BCUT2D eigenvalue weighted by Crippen LogP contribution is -2.45. The second-order valence-corrected chi connectivity index (χ2v) is 6.13. The highest BCUT2D eigenvalue weighted by Crippen LogP contribution is 2.32. The van der Waals surface area contributed by atoms with Crippen LogP contribution in [-0.4, -0.2) is 53.1 Å². The van der Waals surface area contributed by atoms with Crippen molar-refractivity contribution in [3.8, 4) is 0 Å². The third-order valence-corrected chi connectivity index (χ3v) is 4.40. The summed E-state index contributed by atoms with van der Waals surface area (Å²) in [4.78, 5) is 22.8. The normalized spacial score (nSPS) is 19.3. The van der Waals surface area contributed by atoms with E-state index in [2.05, 4.69) is 25.3 Å². The van der Waals surface area contributed by atoms with E-state index in [1.165, 1.54) is 6.20 Å². The molecule has 2 fully saturated rings. The fourth-order valence-electron chi connectivity index (χ4n) is 3.07. The van der Waals surface area contributed by atoms with Gasteiger partial charge in [0.25, 0.3) is 5.91 Å². The highest BCUT2D eigenvalue weighted by atomic mass is 16.7. The SMILES string of the molecule is Cc1cc(NC(=O)c2cnc(N3CCC4(CC3)OCCO4)cn2)no1. The van der Waals surface area contributed by atoms with Crippen molar-refractivity contribution in [2.75, 3.05) is 36.5 Å². The second kappa shape index (κ2) is 6.41. The predicted octanol–water partition coefficient (Wildman–Crippen LogP) is 1.37. The maximum Gasteiger partial charge on any atom is 0.277 e. The molecule has 4 rings (SSSR count). The first kappa shape index (κ1) is 16.0. The Morgan fingerprint density at radius 3 is 2.56 bits per heavy atom. The van der Waals surface area contributed by atoms with Crippen LogP contribution in [0.5, 0.6) is 0 Å². The van der Waals surface area contributed by atoms with Crippen LogP contribution >= 0.6 is 0 Å². The molecule has 0 aromatic carbocycles. The fraction of sp³-hybridized carbons (Fsp3) is 0.500. The van der Waals surface area contributed by atoms with Crippen LogP contribution in [0.1, 0.15) is 29.1 Å². The highest BCUT2D eigenvalue weighted by molar-refractivity contribution is 6.02. The zero-order valence-electron chi connectivity index (χ0n) is 13.9. The Morgan fingerprint density at radius 2 is 1.96 bits per heavy atom. The molecule has 25 heavy (non-hydrogen) atoms. The number of hydrogen-bond donors (Lipinski definition) is 1. The van der Waals surface area contributed by atoms with Gasteiger partial charge in [0.05, 0.1) is 25.6 Å². The van der Waals surface area contributed by atoms with Crippen molar-refractivity contribution in [3.05, 3.63) is 29.9 Å². The molecular weight excluding hydrogens is 326 g/mol. The Kier molecular flexibility index (Phi) is 4.10. The van der Waals surface area contributed by atoms with Crippen molar-refractivity contribution < 1.29 is 18.8 Å². The van der Waals surface area contributed by atoms with E-state index in [9.17, 15) is 4.79 Å². The number of anilines is 2. The number of aryl methyl sites for hydroxylation is 1. The molecular formula is C16H19N5O4. The average Bonchev–Trinajstić information content (AvgIpc) is 3.25. The van der Waals surface area contributed by atoms with E-state index in [0.29, 0.717) is 24.8 Å². The van der Waals surface area contributed by atoms with Crippen molar-refractivity contribution in [2.24, 2.45) is 0 Å². The molecule has 1 N–H and O–H groups in total. The number of nitrogens with zero attached hydrogens (tertiary/aromatic N) is 4. The molecule has 2 aromatic heterocycles. The smallest absolute Gasteiger partial charge is 0.277 e. The quantitative estimate of drug-likeness (QED) is 0.890. The first-order valence-corrected chi connectivity index (χ1v) is 8.23. The molecule has 1 spiro atoms. The molecule has 2 aliphatic heterocycles. The third-order valence-electron chi connectivity index (χ3n) is 4.40. The number of hydrogen-bond acceptors (Lipinski definition) is 8. The molecule has 1 amide bonds. The monoisotopic (exact) mass is 345 g/mol. The zero-order chi connectivity index (χ0) is 17.3. The van der Waals surface area contributed by atoms with Gasteiger partial charge >= 0.3 is 0 Å². The number of nitrogens with one attached hydrogen (secondary N) is 1. The summed E-state index contributed by atoms with van der Waals surface area (Å²) >= 11 is 0. The highest BCUT2D eigenvalue weighted by Gasteiger charge is 2.40. The first-order valence-electron chi connectivity index (χ1n) is 8.23. The van der Waals surface area contributed by atoms with Crippen LogP contribution in [0.3, 0.4) is 0 Å². The van der Waals surface area contributed by atoms with Crippen LogP contribution in [0.15, 0.2) is 23.0 Å². The number of ether oxygens (including phenoxy) is 2.